The summed E-state index contributed by atoms with van der Waals surface area (Å²) in [5, 5.41) is 3.11. The van der Waals surface area contributed by atoms with E-state index in [9.17, 15) is 8.42 Å². The SMILES string of the molecule is O=S(=O)(c1ccc(SCCOc2ccc3ccccc3c2)nc1)N1CCOCC1. The lowest BCUT2D eigenvalue weighted by atomic mass is 10.1. The number of aromatic nitrogens is 1. The Morgan fingerprint density at radius 1 is 1.03 bits per heavy atom. The Labute approximate surface area is 174 Å². The molecule has 0 amide bonds. The van der Waals surface area contributed by atoms with Gasteiger partial charge in [-0.25, -0.2) is 13.4 Å². The Balaban J connectivity index is 1.29. The minimum absolute atomic E-state index is 0.219. The predicted octanol–water partition coefficient (Wildman–Crippen LogP) is 3.43. The molecular weight excluding hydrogens is 408 g/mol. The van der Waals surface area contributed by atoms with Gasteiger partial charge in [-0.3, -0.25) is 0 Å². The highest BCUT2D eigenvalue weighted by molar-refractivity contribution is 7.99. The second-order valence-corrected chi connectivity index (χ2v) is 9.61. The van der Waals surface area contributed by atoms with Gasteiger partial charge in [0.2, 0.25) is 10.0 Å². The molecule has 1 aliphatic heterocycles. The van der Waals surface area contributed by atoms with Gasteiger partial charge in [-0.2, -0.15) is 4.31 Å². The van der Waals surface area contributed by atoms with Crippen molar-refractivity contribution in [1.29, 1.82) is 0 Å². The lowest BCUT2D eigenvalue weighted by Crippen LogP contribution is -2.40. The van der Waals surface area contributed by atoms with Crippen LogP contribution in [0.25, 0.3) is 10.8 Å². The van der Waals surface area contributed by atoms with E-state index in [1.54, 1.807) is 12.1 Å². The molecule has 8 heteroatoms. The summed E-state index contributed by atoms with van der Waals surface area (Å²) in [4.78, 5) is 4.51. The average molecular weight is 431 g/mol. The topological polar surface area (TPSA) is 68.7 Å². The Hall–Kier alpha value is -2.13. The zero-order valence-corrected chi connectivity index (χ0v) is 17.5. The molecule has 1 aliphatic rings. The van der Waals surface area contributed by atoms with Crippen LogP contribution in [0.15, 0.2) is 70.7 Å². The molecule has 0 unspecified atom stereocenters. The van der Waals surface area contributed by atoms with E-state index in [-0.39, 0.29) is 4.90 Å². The van der Waals surface area contributed by atoms with Gasteiger partial charge in [-0.15, -0.1) is 11.8 Å². The number of hydrogen-bond donors (Lipinski definition) is 0. The summed E-state index contributed by atoms with van der Waals surface area (Å²) in [6.07, 6.45) is 1.43. The molecule has 1 aromatic heterocycles. The molecular formula is C21H22N2O4S2. The lowest BCUT2D eigenvalue weighted by Gasteiger charge is -2.25. The normalized spacial score (nSPS) is 15.4. The summed E-state index contributed by atoms with van der Waals surface area (Å²) in [6.45, 7) is 2.16. The third-order valence-electron chi connectivity index (χ3n) is 4.64. The molecule has 3 aromatic rings. The van der Waals surface area contributed by atoms with Crippen molar-refractivity contribution < 1.29 is 17.9 Å². The highest BCUT2D eigenvalue weighted by atomic mass is 32.2. The number of pyridine rings is 1. The van der Waals surface area contributed by atoms with Gasteiger partial charge in [0.25, 0.3) is 0 Å². The quantitative estimate of drug-likeness (QED) is 0.423. The molecule has 0 radical (unpaired) electrons. The number of thioether (sulfide) groups is 1. The Kier molecular flexibility index (Phi) is 6.34. The zero-order valence-electron chi connectivity index (χ0n) is 15.9. The number of ether oxygens (including phenoxy) is 2. The zero-order chi connectivity index (χ0) is 20.1. The van der Waals surface area contributed by atoms with E-state index < -0.39 is 10.0 Å². The average Bonchev–Trinajstić information content (AvgIpc) is 2.77. The van der Waals surface area contributed by atoms with Gasteiger partial charge in [0.05, 0.1) is 24.8 Å². The first-order chi connectivity index (χ1) is 14.1. The molecule has 0 aliphatic carbocycles. The van der Waals surface area contributed by atoms with Gasteiger partial charge in [-0.05, 0) is 35.0 Å². The van der Waals surface area contributed by atoms with Gasteiger partial charge >= 0.3 is 0 Å². The van der Waals surface area contributed by atoms with Crippen molar-refractivity contribution in [3.63, 3.8) is 0 Å². The first kappa shape index (κ1) is 20.2. The number of morpholine rings is 1. The summed E-state index contributed by atoms with van der Waals surface area (Å²) in [7, 11) is -3.50. The molecule has 2 heterocycles. The first-order valence-corrected chi connectivity index (χ1v) is 11.8. The number of benzene rings is 2. The fourth-order valence-electron chi connectivity index (χ4n) is 3.10. The van der Waals surface area contributed by atoms with E-state index in [0.29, 0.717) is 32.9 Å². The maximum atomic E-state index is 12.6. The number of nitrogens with zero attached hydrogens (tertiary/aromatic N) is 2. The van der Waals surface area contributed by atoms with Gasteiger partial charge in [0.1, 0.15) is 10.6 Å². The van der Waals surface area contributed by atoms with Gasteiger partial charge in [-0.1, -0.05) is 30.3 Å². The Morgan fingerprint density at radius 3 is 2.59 bits per heavy atom. The molecule has 6 nitrogen and oxygen atoms in total. The largest absolute Gasteiger partial charge is 0.493 e. The monoisotopic (exact) mass is 430 g/mol. The third kappa shape index (κ3) is 4.90. The first-order valence-electron chi connectivity index (χ1n) is 9.41. The minimum Gasteiger partial charge on any atom is -0.493 e. The third-order valence-corrected chi connectivity index (χ3v) is 7.43. The van der Waals surface area contributed by atoms with Crippen molar-refractivity contribution in [2.45, 2.75) is 9.92 Å². The summed E-state index contributed by atoms with van der Waals surface area (Å²) in [5.41, 5.74) is 0. The summed E-state index contributed by atoms with van der Waals surface area (Å²) in [6, 6.07) is 17.6. The maximum absolute atomic E-state index is 12.6. The second-order valence-electron chi connectivity index (χ2n) is 6.55. The smallest absolute Gasteiger partial charge is 0.244 e. The molecule has 4 rings (SSSR count). The van der Waals surface area contributed by atoms with Gasteiger partial charge in [0.15, 0.2) is 0 Å². The van der Waals surface area contributed by atoms with E-state index in [1.807, 2.05) is 30.3 Å². The highest BCUT2D eigenvalue weighted by Gasteiger charge is 2.26. The second kappa shape index (κ2) is 9.13. The fraction of sp³-hybridized carbons (Fsp3) is 0.286. The number of rotatable bonds is 7. The molecule has 0 atom stereocenters. The van der Waals surface area contributed by atoms with Gasteiger partial charge in [0, 0.05) is 25.0 Å². The van der Waals surface area contributed by atoms with Crippen LogP contribution in [0, 0.1) is 0 Å². The molecule has 0 N–H and O–H groups in total. The van der Waals surface area contributed by atoms with Crippen LogP contribution in [0.2, 0.25) is 0 Å². The van der Waals surface area contributed by atoms with Crippen molar-refractivity contribution in [3.8, 4) is 5.75 Å². The van der Waals surface area contributed by atoms with E-state index in [0.717, 1.165) is 21.9 Å². The van der Waals surface area contributed by atoms with Crippen LogP contribution in [-0.2, 0) is 14.8 Å². The minimum atomic E-state index is -3.50. The molecule has 0 saturated carbocycles. The van der Waals surface area contributed by atoms with Crippen molar-refractivity contribution in [2.24, 2.45) is 0 Å². The molecule has 1 fully saturated rings. The van der Waals surface area contributed by atoms with Crippen molar-refractivity contribution >= 4 is 32.6 Å². The van der Waals surface area contributed by atoms with Crippen LogP contribution in [0.5, 0.6) is 5.75 Å². The molecule has 0 bridgehead atoms. The van der Waals surface area contributed by atoms with E-state index >= 15 is 0 Å². The Morgan fingerprint density at radius 2 is 1.83 bits per heavy atom. The molecule has 2 aromatic carbocycles. The van der Waals surface area contributed by atoms with Crippen molar-refractivity contribution in [2.75, 3.05) is 38.7 Å². The highest BCUT2D eigenvalue weighted by Crippen LogP contribution is 2.22. The molecule has 0 spiro atoms. The molecule has 1 saturated heterocycles. The van der Waals surface area contributed by atoms with Gasteiger partial charge < -0.3 is 9.47 Å². The van der Waals surface area contributed by atoms with Crippen LogP contribution >= 0.6 is 11.8 Å². The number of hydrogen-bond acceptors (Lipinski definition) is 6. The maximum Gasteiger partial charge on any atom is 0.244 e. The van der Waals surface area contributed by atoms with E-state index in [2.05, 4.69) is 17.1 Å². The van der Waals surface area contributed by atoms with Crippen LogP contribution in [-0.4, -0.2) is 56.4 Å². The van der Waals surface area contributed by atoms with Crippen molar-refractivity contribution in [1.82, 2.24) is 9.29 Å². The number of fused-ring (bicyclic) bond motifs is 1. The summed E-state index contributed by atoms with van der Waals surface area (Å²) >= 11 is 1.53. The van der Waals surface area contributed by atoms with Crippen LogP contribution in [0.4, 0.5) is 0 Å². The van der Waals surface area contributed by atoms with E-state index in [1.165, 1.54) is 27.7 Å². The lowest BCUT2D eigenvalue weighted by molar-refractivity contribution is 0.0730. The number of sulfonamides is 1. The van der Waals surface area contributed by atoms with Crippen LogP contribution in [0.1, 0.15) is 0 Å². The summed E-state index contributed by atoms with van der Waals surface area (Å²) in [5.74, 6) is 1.55. The van der Waals surface area contributed by atoms with Crippen LogP contribution < -0.4 is 4.74 Å². The van der Waals surface area contributed by atoms with E-state index in [4.69, 9.17) is 9.47 Å². The fourth-order valence-corrected chi connectivity index (χ4v) is 5.12. The predicted molar refractivity (Wildman–Crippen MR) is 114 cm³/mol. The standard InChI is InChI=1S/C21H22N2O4S2/c24-29(25,23-9-11-26-12-10-23)20-7-8-21(22-16-20)28-14-13-27-19-6-5-17-3-1-2-4-18(17)15-19/h1-8,15-16H,9-14H2. The molecule has 152 valence electrons. The summed E-state index contributed by atoms with van der Waals surface area (Å²) < 4.78 is 37.7. The van der Waals surface area contributed by atoms with Crippen LogP contribution in [0.3, 0.4) is 0 Å². The Bertz CT molecular complexity index is 1070. The molecule has 29 heavy (non-hydrogen) atoms. The van der Waals surface area contributed by atoms with Crippen molar-refractivity contribution in [3.05, 3.63) is 60.8 Å².